The molecular formula is C18H13F3N4O2S. The lowest BCUT2D eigenvalue weighted by Crippen LogP contribution is -2.16. The summed E-state index contributed by atoms with van der Waals surface area (Å²) in [5.74, 6) is -0.808. The lowest BCUT2D eigenvalue weighted by atomic mass is 10.0. The number of thiazole rings is 1. The van der Waals surface area contributed by atoms with Crippen molar-refractivity contribution in [3.63, 3.8) is 0 Å². The molecule has 0 fully saturated rings. The molecule has 6 nitrogen and oxygen atoms in total. The molecule has 0 bridgehead atoms. The van der Waals surface area contributed by atoms with E-state index in [9.17, 15) is 18.0 Å². The number of alkyl halides is 3. The number of fused-ring (bicyclic) bond motifs is 1. The molecule has 0 radical (unpaired) electrons. The standard InChI is InChI=1S/C18H13F3N4O2S/c19-18(20,21)27-12-2-4-14-15(8-12)28-17(24-14)25-16(26)13-3-1-10(9-23)7-11(13)5-6-22/h1-4,7-8H,5-6,22H2,(H,24,25,26). The van der Waals surface area contributed by atoms with E-state index >= 15 is 0 Å². The van der Waals surface area contributed by atoms with Crippen molar-refractivity contribution in [2.24, 2.45) is 5.73 Å². The van der Waals surface area contributed by atoms with Crippen LogP contribution in [0, 0.1) is 11.3 Å². The molecule has 0 aliphatic carbocycles. The summed E-state index contributed by atoms with van der Waals surface area (Å²) in [4.78, 5) is 16.8. The van der Waals surface area contributed by atoms with E-state index in [1.165, 1.54) is 24.3 Å². The maximum atomic E-state index is 12.6. The van der Waals surface area contributed by atoms with Gasteiger partial charge in [0.1, 0.15) is 5.75 Å². The monoisotopic (exact) mass is 406 g/mol. The SMILES string of the molecule is N#Cc1ccc(C(=O)Nc2nc3ccc(OC(F)(F)F)cc3s2)c(CCN)c1. The Morgan fingerprint density at radius 3 is 2.75 bits per heavy atom. The predicted molar refractivity (Wildman–Crippen MR) is 98.2 cm³/mol. The second kappa shape index (κ2) is 7.84. The van der Waals surface area contributed by atoms with Crippen molar-refractivity contribution < 1.29 is 22.7 Å². The van der Waals surface area contributed by atoms with E-state index in [2.05, 4.69) is 15.0 Å². The molecule has 3 rings (SSSR count). The maximum absolute atomic E-state index is 12.6. The van der Waals surface area contributed by atoms with E-state index in [0.29, 0.717) is 39.9 Å². The second-order valence-corrected chi connectivity index (χ2v) is 6.70. The highest BCUT2D eigenvalue weighted by Crippen LogP contribution is 2.32. The van der Waals surface area contributed by atoms with Crippen LogP contribution in [0.1, 0.15) is 21.5 Å². The second-order valence-electron chi connectivity index (χ2n) is 5.67. The Kier molecular flexibility index (Phi) is 5.48. The molecule has 2 aromatic carbocycles. The zero-order valence-corrected chi connectivity index (χ0v) is 15.0. The number of anilines is 1. The minimum atomic E-state index is -4.79. The van der Waals surface area contributed by atoms with E-state index in [1.54, 1.807) is 6.07 Å². The quantitative estimate of drug-likeness (QED) is 0.671. The third kappa shape index (κ3) is 4.57. The Labute approximate surface area is 161 Å². The van der Waals surface area contributed by atoms with Gasteiger partial charge >= 0.3 is 6.36 Å². The van der Waals surface area contributed by atoms with Crippen molar-refractivity contribution in [1.82, 2.24) is 4.98 Å². The average molecular weight is 406 g/mol. The van der Waals surface area contributed by atoms with Gasteiger partial charge in [-0.05, 0) is 48.9 Å². The number of hydrogen-bond donors (Lipinski definition) is 2. The van der Waals surface area contributed by atoms with Gasteiger partial charge in [-0.15, -0.1) is 13.2 Å². The van der Waals surface area contributed by atoms with Crippen LogP contribution in [0.3, 0.4) is 0 Å². The first-order valence-electron chi connectivity index (χ1n) is 8.00. The fourth-order valence-corrected chi connectivity index (χ4v) is 3.46. The zero-order valence-electron chi connectivity index (χ0n) is 14.2. The van der Waals surface area contributed by atoms with Crippen molar-refractivity contribution in [3.8, 4) is 11.8 Å². The molecule has 1 aromatic heterocycles. The lowest BCUT2D eigenvalue weighted by molar-refractivity contribution is -0.274. The van der Waals surface area contributed by atoms with Crippen LogP contribution in [0.4, 0.5) is 18.3 Å². The van der Waals surface area contributed by atoms with E-state index in [4.69, 9.17) is 11.0 Å². The summed E-state index contributed by atoms with van der Waals surface area (Å²) in [5, 5.41) is 11.9. The molecule has 0 aliphatic heterocycles. The summed E-state index contributed by atoms with van der Waals surface area (Å²) >= 11 is 1.02. The van der Waals surface area contributed by atoms with E-state index in [0.717, 1.165) is 17.4 Å². The highest BCUT2D eigenvalue weighted by Gasteiger charge is 2.31. The van der Waals surface area contributed by atoms with E-state index < -0.39 is 12.3 Å². The van der Waals surface area contributed by atoms with E-state index in [1.807, 2.05) is 6.07 Å². The number of ether oxygens (including phenoxy) is 1. The number of nitrogens with two attached hydrogens (primary N) is 1. The van der Waals surface area contributed by atoms with Crippen molar-refractivity contribution in [3.05, 3.63) is 53.1 Å². The van der Waals surface area contributed by atoms with Crippen molar-refractivity contribution >= 4 is 32.6 Å². The maximum Gasteiger partial charge on any atom is 0.573 e. The molecule has 0 unspecified atom stereocenters. The van der Waals surface area contributed by atoms with Gasteiger partial charge in [-0.1, -0.05) is 11.3 Å². The number of nitriles is 1. The predicted octanol–water partition coefficient (Wildman–Crippen LogP) is 3.82. The number of hydrogen-bond acceptors (Lipinski definition) is 6. The third-order valence-corrected chi connectivity index (χ3v) is 4.64. The molecule has 10 heteroatoms. The van der Waals surface area contributed by atoms with Gasteiger partial charge in [0.05, 0.1) is 21.8 Å². The molecule has 0 saturated carbocycles. The summed E-state index contributed by atoms with van der Waals surface area (Å²) in [6, 6.07) is 10.4. The number of halogens is 3. The smallest absolute Gasteiger partial charge is 0.406 e. The van der Waals surface area contributed by atoms with Crippen LogP contribution < -0.4 is 15.8 Å². The minimum Gasteiger partial charge on any atom is -0.406 e. The molecule has 28 heavy (non-hydrogen) atoms. The number of amides is 1. The highest BCUT2D eigenvalue weighted by atomic mass is 32.1. The van der Waals surface area contributed by atoms with Crippen LogP contribution in [0.25, 0.3) is 10.2 Å². The molecular weight excluding hydrogens is 393 g/mol. The Balaban J connectivity index is 1.84. The molecule has 3 N–H and O–H groups in total. The first-order valence-corrected chi connectivity index (χ1v) is 8.81. The van der Waals surface area contributed by atoms with Crippen LogP contribution in [0.2, 0.25) is 0 Å². The van der Waals surface area contributed by atoms with Crippen LogP contribution in [-0.4, -0.2) is 23.8 Å². The van der Waals surface area contributed by atoms with Crippen LogP contribution in [-0.2, 0) is 6.42 Å². The largest absolute Gasteiger partial charge is 0.573 e. The normalized spacial score (nSPS) is 11.2. The topological polar surface area (TPSA) is 101 Å². The number of carbonyl (C=O) groups is 1. The number of aromatic nitrogens is 1. The summed E-state index contributed by atoms with van der Waals surface area (Å²) in [5.41, 5.74) is 7.39. The van der Waals surface area contributed by atoms with Gasteiger partial charge < -0.3 is 10.5 Å². The Morgan fingerprint density at radius 2 is 2.07 bits per heavy atom. The molecule has 144 valence electrons. The molecule has 0 aliphatic rings. The first kappa shape index (κ1) is 19.6. The minimum absolute atomic E-state index is 0.229. The fourth-order valence-electron chi connectivity index (χ4n) is 2.57. The summed E-state index contributed by atoms with van der Waals surface area (Å²) in [6.45, 7) is 0.304. The number of nitrogens with zero attached hydrogens (tertiary/aromatic N) is 2. The van der Waals surface area contributed by atoms with Gasteiger partial charge in [0.2, 0.25) is 0 Å². The molecule has 0 spiro atoms. The van der Waals surface area contributed by atoms with Crippen molar-refractivity contribution in [1.29, 1.82) is 5.26 Å². The summed E-state index contributed by atoms with van der Waals surface area (Å²) in [7, 11) is 0. The summed E-state index contributed by atoms with van der Waals surface area (Å²) in [6.07, 6.45) is -4.37. The van der Waals surface area contributed by atoms with Crippen molar-refractivity contribution in [2.45, 2.75) is 12.8 Å². The van der Waals surface area contributed by atoms with Gasteiger partial charge in [0, 0.05) is 11.6 Å². The van der Waals surface area contributed by atoms with Gasteiger partial charge in [-0.2, -0.15) is 5.26 Å². The van der Waals surface area contributed by atoms with Crippen molar-refractivity contribution in [2.75, 3.05) is 11.9 Å². The number of nitrogens with one attached hydrogen (secondary N) is 1. The van der Waals surface area contributed by atoms with Crippen LogP contribution in [0.5, 0.6) is 5.75 Å². The molecule has 3 aromatic rings. The van der Waals surface area contributed by atoms with Gasteiger partial charge in [0.25, 0.3) is 5.91 Å². The lowest BCUT2D eigenvalue weighted by Gasteiger charge is -2.08. The molecule has 0 atom stereocenters. The van der Waals surface area contributed by atoms with Gasteiger partial charge in [0.15, 0.2) is 5.13 Å². The molecule has 0 saturated heterocycles. The molecule has 1 heterocycles. The fraction of sp³-hybridized carbons (Fsp3) is 0.167. The van der Waals surface area contributed by atoms with Gasteiger partial charge in [-0.25, -0.2) is 4.98 Å². The van der Waals surface area contributed by atoms with Crippen LogP contribution >= 0.6 is 11.3 Å². The van der Waals surface area contributed by atoms with E-state index in [-0.39, 0.29) is 10.9 Å². The van der Waals surface area contributed by atoms with Crippen LogP contribution in [0.15, 0.2) is 36.4 Å². The Hall–Kier alpha value is -3.16. The number of benzene rings is 2. The third-order valence-electron chi connectivity index (χ3n) is 3.71. The van der Waals surface area contributed by atoms with Gasteiger partial charge in [-0.3, -0.25) is 10.1 Å². The summed E-state index contributed by atoms with van der Waals surface area (Å²) < 4.78 is 41.3. The molecule has 1 amide bonds. The average Bonchev–Trinajstić information content (AvgIpc) is 3.01. The number of rotatable bonds is 5. The highest BCUT2D eigenvalue weighted by molar-refractivity contribution is 7.22. The zero-order chi connectivity index (χ0) is 20.3. The Bertz CT molecular complexity index is 1070. The number of carbonyl (C=O) groups excluding carboxylic acids is 1. The first-order chi connectivity index (χ1) is 13.3. The Morgan fingerprint density at radius 1 is 1.29 bits per heavy atom.